The van der Waals surface area contributed by atoms with Crippen LogP contribution in [-0.2, 0) is 10.0 Å². The van der Waals surface area contributed by atoms with E-state index in [1.165, 1.54) is 5.56 Å². The molecule has 0 atom stereocenters. The first-order chi connectivity index (χ1) is 12.5. The first-order valence-corrected chi connectivity index (χ1v) is 10.7. The summed E-state index contributed by atoms with van der Waals surface area (Å²) in [5, 5.41) is 6.62. The molecule has 3 N–H and O–H groups in total. The van der Waals surface area contributed by atoms with Gasteiger partial charge in [-0.15, -0.1) is 0 Å². The van der Waals surface area contributed by atoms with Crippen molar-refractivity contribution in [2.45, 2.75) is 51.0 Å². The van der Waals surface area contributed by atoms with Gasteiger partial charge in [-0.25, -0.2) is 13.1 Å². The molecule has 0 radical (unpaired) electrons. The Morgan fingerprint density at radius 2 is 1.33 bits per heavy atom. The predicted octanol–water partition coefficient (Wildman–Crippen LogP) is 4.70. The Morgan fingerprint density at radius 1 is 0.889 bits per heavy atom. The van der Waals surface area contributed by atoms with Crippen molar-refractivity contribution in [1.82, 2.24) is 4.72 Å². The number of thiocarbonyl (C=S) groups is 1. The van der Waals surface area contributed by atoms with E-state index < -0.39 is 15.6 Å². The molecular formula is C20H27N3O2S2. The normalized spacial score (nSPS) is 12.1. The third kappa shape index (κ3) is 6.61. The van der Waals surface area contributed by atoms with Crippen molar-refractivity contribution < 1.29 is 8.42 Å². The Morgan fingerprint density at radius 3 is 1.74 bits per heavy atom. The lowest BCUT2D eigenvalue weighted by Gasteiger charge is -2.20. The molecule has 0 saturated heterocycles. The lowest BCUT2D eigenvalue weighted by molar-refractivity contribution is 0.491. The van der Waals surface area contributed by atoms with Crippen LogP contribution in [0.15, 0.2) is 53.4 Å². The van der Waals surface area contributed by atoms with Crippen LogP contribution in [0.3, 0.4) is 0 Å². The van der Waals surface area contributed by atoms with Crippen molar-refractivity contribution in [2.75, 3.05) is 10.6 Å². The van der Waals surface area contributed by atoms with Crippen molar-refractivity contribution in [3.05, 3.63) is 54.1 Å². The molecule has 0 fully saturated rings. The summed E-state index contributed by atoms with van der Waals surface area (Å²) in [6, 6.07) is 14.6. The van der Waals surface area contributed by atoms with Crippen LogP contribution in [0.25, 0.3) is 0 Å². The number of sulfonamides is 1. The number of anilines is 2. The fourth-order valence-electron chi connectivity index (χ4n) is 2.42. The molecule has 146 valence electrons. The molecule has 0 aliphatic rings. The number of nitrogens with one attached hydrogen (secondary N) is 3. The summed E-state index contributed by atoms with van der Waals surface area (Å²) in [4.78, 5) is 0.214. The molecule has 27 heavy (non-hydrogen) atoms. The molecule has 5 nitrogen and oxygen atoms in total. The maximum absolute atomic E-state index is 12.3. The van der Waals surface area contributed by atoms with Gasteiger partial charge < -0.3 is 10.6 Å². The minimum absolute atomic E-state index is 0.214. The van der Waals surface area contributed by atoms with E-state index in [1.54, 1.807) is 45.0 Å². The van der Waals surface area contributed by atoms with Crippen molar-refractivity contribution in [1.29, 1.82) is 0 Å². The molecule has 2 aromatic rings. The maximum atomic E-state index is 12.3. The predicted molar refractivity (Wildman–Crippen MR) is 117 cm³/mol. The highest BCUT2D eigenvalue weighted by Gasteiger charge is 2.21. The zero-order chi connectivity index (χ0) is 20.2. The Hall–Kier alpha value is -1.96. The van der Waals surface area contributed by atoms with Crippen LogP contribution < -0.4 is 15.4 Å². The molecule has 0 heterocycles. The highest BCUT2D eigenvalue weighted by molar-refractivity contribution is 7.89. The summed E-state index contributed by atoms with van der Waals surface area (Å²) in [7, 11) is -3.55. The van der Waals surface area contributed by atoms with Crippen LogP contribution in [0.2, 0.25) is 0 Å². The minimum atomic E-state index is -3.55. The van der Waals surface area contributed by atoms with Gasteiger partial charge in [0.15, 0.2) is 5.11 Å². The van der Waals surface area contributed by atoms with E-state index in [-0.39, 0.29) is 4.90 Å². The van der Waals surface area contributed by atoms with Gasteiger partial charge in [0.2, 0.25) is 10.0 Å². The topological polar surface area (TPSA) is 70.2 Å². The second-order valence-electron chi connectivity index (χ2n) is 7.74. The van der Waals surface area contributed by atoms with Gasteiger partial charge in [0.25, 0.3) is 0 Å². The van der Waals surface area contributed by atoms with E-state index in [1.807, 2.05) is 12.1 Å². The summed E-state index contributed by atoms with van der Waals surface area (Å²) in [6.45, 7) is 9.71. The number of hydrogen-bond acceptors (Lipinski definition) is 3. The van der Waals surface area contributed by atoms with Crippen LogP contribution in [-0.4, -0.2) is 19.1 Å². The Kier molecular flexibility index (Phi) is 6.62. The third-order valence-electron chi connectivity index (χ3n) is 3.70. The summed E-state index contributed by atoms with van der Waals surface area (Å²) < 4.78 is 27.3. The summed E-state index contributed by atoms with van der Waals surface area (Å²) >= 11 is 5.33. The molecule has 0 bridgehead atoms. The summed E-state index contributed by atoms with van der Waals surface area (Å²) in [6.07, 6.45) is 0. The Labute approximate surface area is 167 Å². The molecule has 0 unspecified atom stereocenters. The van der Waals surface area contributed by atoms with E-state index >= 15 is 0 Å². The van der Waals surface area contributed by atoms with Crippen LogP contribution >= 0.6 is 12.2 Å². The minimum Gasteiger partial charge on any atom is -0.332 e. The van der Waals surface area contributed by atoms with Gasteiger partial charge in [0.05, 0.1) is 4.90 Å². The smallest absolute Gasteiger partial charge is 0.241 e. The molecule has 0 aromatic heterocycles. The second kappa shape index (κ2) is 8.37. The zero-order valence-corrected chi connectivity index (χ0v) is 18.0. The van der Waals surface area contributed by atoms with Crippen LogP contribution in [0.4, 0.5) is 11.4 Å². The van der Waals surface area contributed by atoms with Gasteiger partial charge >= 0.3 is 0 Å². The molecule has 0 aliphatic heterocycles. The SMILES string of the molecule is CC(C)c1ccc(NC(=S)Nc2ccc(S(=O)(=O)NC(C)(C)C)cc2)cc1. The van der Waals surface area contributed by atoms with Crippen LogP contribution in [0.5, 0.6) is 0 Å². The largest absolute Gasteiger partial charge is 0.332 e. The first kappa shape index (κ1) is 21.3. The fourth-order valence-corrected chi connectivity index (χ4v) is 4.08. The maximum Gasteiger partial charge on any atom is 0.241 e. The van der Waals surface area contributed by atoms with E-state index in [9.17, 15) is 8.42 Å². The van der Waals surface area contributed by atoms with Crippen molar-refractivity contribution in [3.63, 3.8) is 0 Å². The van der Waals surface area contributed by atoms with E-state index in [0.717, 1.165) is 5.69 Å². The van der Waals surface area contributed by atoms with Gasteiger partial charge in [0, 0.05) is 16.9 Å². The molecule has 2 rings (SSSR count). The molecule has 7 heteroatoms. The van der Waals surface area contributed by atoms with Crippen molar-refractivity contribution in [3.8, 4) is 0 Å². The third-order valence-corrected chi connectivity index (χ3v) is 5.68. The van der Waals surface area contributed by atoms with Gasteiger partial charge in [-0.2, -0.15) is 0 Å². The van der Waals surface area contributed by atoms with Gasteiger partial charge in [0.1, 0.15) is 0 Å². The second-order valence-corrected chi connectivity index (χ2v) is 9.83. The van der Waals surface area contributed by atoms with E-state index in [0.29, 0.717) is 16.7 Å². The number of benzene rings is 2. The van der Waals surface area contributed by atoms with E-state index in [4.69, 9.17) is 12.2 Å². The van der Waals surface area contributed by atoms with Gasteiger partial charge in [-0.1, -0.05) is 26.0 Å². The van der Waals surface area contributed by atoms with Gasteiger partial charge in [-0.05, 0) is 80.9 Å². The molecule has 0 amide bonds. The van der Waals surface area contributed by atoms with Crippen molar-refractivity contribution in [2.24, 2.45) is 0 Å². The highest BCUT2D eigenvalue weighted by atomic mass is 32.2. The van der Waals surface area contributed by atoms with Gasteiger partial charge in [-0.3, -0.25) is 0 Å². The molecule has 0 aliphatic carbocycles. The molecular weight excluding hydrogens is 378 g/mol. The summed E-state index contributed by atoms with van der Waals surface area (Å²) in [5.74, 6) is 0.478. The van der Waals surface area contributed by atoms with E-state index in [2.05, 4.69) is 41.3 Å². The van der Waals surface area contributed by atoms with Crippen molar-refractivity contribution >= 4 is 38.7 Å². The molecule has 0 saturated carbocycles. The lowest BCUT2D eigenvalue weighted by atomic mass is 10.0. The lowest BCUT2D eigenvalue weighted by Crippen LogP contribution is -2.40. The average Bonchev–Trinajstić information content (AvgIpc) is 2.53. The Balaban J connectivity index is 2.00. The first-order valence-electron chi connectivity index (χ1n) is 8.78. The monoisotopic (exact) mass is 405 g/mol. The fraction of sp³-hybridized carbons (Fsp3) is 0.350. The van der Waals surface area contributed by atoms with Crippen LogP contribution in [0, 0.1) is 0 Å². The zero-order valence-electron chi connectivity index (χ0n) is 16.3. The highest BCUT2D eigenvalue weighted by Crippen LogP contribution is 2.19. The average molecular weight is 406 g/mol. The molecule has 2 aromatic carbocycles. The van der Waals surface area contributed by atoms with Crippen LogP contribution in [0.1, 0.15) is 46.1 Å². The molecule has 0 spiro atoms. The number of rotatable bonds is 5. The summed E-state index contributed by atoms with van der Waals surface area (Å²) in [5.41, 5.74) is 2.33. The standard InChI is InChI=1S/C20H27N3O2S2/c1-14(2)15-6-8-16(9-7-15)21-19(26)22-17-10-12-18(13-11-17)27(24,25)23-20(3,4)5/h6-14,23H,1-5H3,(H2,21,22,26). The Bertz CT molecular complexity index is 882. The number of hydrogen-bond donors (Lipinski definition) is 3. The quantitative estimate of drug-likeness (QED) is 0.629.